The Hall–Kier alpha value is -1.82. The Balaban J connectivity index is 2.06. The summed E-state index contributed by atoms with van der Waals surface area (Å²) in [6.07, 6.45) is 1.93. The van der Waals surface area contributed by atoms with Crippen LogP contribution in [0, 0.1) is 0 Å². The molecule has 0 aliphatic heterocycles. The van der Waals surface area contributed by atoms with Gasteiger partial charge in [0.25, 0.3) is 0 Å². The van der Waals surface area contributed by atoms with Gasteiger partial charge in [0.15, 0.2) is 0 Å². The zero-order valence-electron chi connectivity index (χ0n) is 10.8. The van der Waals surface area contributed by atoms with Gasteiger partial charge in [-0.3, -0.25) is 0 Å². The van der Waals surface area contributed by atoms with E-state index in [9.17, 15) is 0 Å². The first kappa shape index (κ1) is 6.70. The molecule has 16 heavy (non-hydrogen) atoms. The molecule has 4 rings (SSSR count). The highest BCUT2D eigenvalue weighted by atomic mass is 14.4. The molecular weight excluding hydrogens is 192 g/mol. The highest BCUT2D eigenvalue weighted by Crippen LogP contribution is 2.54. The van der Waals surface area contributed by atoms with Crippen LogP contribution in [0.15, 0.2) is 54.6 Å². The van der Waals surface area contributed by atoms with Crippen LogP contribution in [-0.2, 0) is 0 Å². The Morgan fingerprint density at radius 1 is 0.875 bits per heavy atom. The van der Waals surface area contributed by atoms with Crippen LogP contribution < -0.4 is 0 Å². The molecule has 0 radical (unpaired) electrons. The predicted molar refractivity (Wildman–Crippen MR) is 66.5 cm³/mol. The number of allylic oxidation sites excluding steroid dienone is 1. The molecule has 2 aromatic rings. The van der Waals surface area contributed by atoms with Crippen LogP contribution in [0.4, 0.5) is 0 Å². The summed E-state index contributed by atoms with van der Waals surface area (Å²) in [5.41, 5.74) is 4.16. The second-order valence-corrected chi connectivity index (χ2v) is 4.34. The minimum Gasteiger partial charge on any atom is -0.0754 e. The zero-order valence-corrected chi connectivity index (χ0v) is 8.77. The van der Waals surface area contributed by atoms with Crippen molar-refractivity contribution in [3.8, 4) is 0 Å². The average molecular weight is 206 g/mol. The SMILES string of the molecule is [2H]C1=CC2c3ccccc3C2([2H])c2ccccc21. The van der Waals surface area contributed by atoms with E-state index < -0.39 is 5.89 Å². The molecule has 0 bridgehead atoms. The first-order valence-electron chi connectivity index (χ1n) is 6.60. The smallest absolute Gasteiger partial charge is 0.0626 e. The van der Waals surface area contributed by atoms with Crippen molar-refractivity contribution in [2.45, 2.75) is 11.8 Å². The topological polar surface area (TPSA) is 0 Å². The van der Waals surface area contributed by atoms with Crippen LogP contribution in [-0.4, -0.2) is 0 Å². The lowest BCUT2D eigenvalue weighted by Gasteiger charge is -2.41. The van der Waals surface area contributed by atoms with Crippen LogP contribution in [0.3, 0.4) is 0 Å². The molecule has 0 amide bonds. The van der Waals surface area contributed by atoms with E-state index in [1.54, 1.807) is 0 Å². The first-order chi connectivity index (χ1) is 8.73. The van der Waals surface area contributed by atoms with E-state index in [-0.39, 0.29) is 5.92 Å². The van der Waals surface area contributed by atoms with Gasteiger partial charge in [-0.25, -0.2) is 0 Å². The van der Waals surface area contributed by atoms with Crippen molar-refractivity contribution in [1.82, 2.24) is 0 Å². The van der Waals surface area contributed by atoms with Gasteiger partial charge >= 0.3 is 0 Å². The van der Waals surface area contributed by atoms with Gasteiger partial charge in [0.2, 0.25) is 0 Å². The van der Waals surface area contributed by atoms with Gasteiger partial charge in [-0.15, -0.1) is 0 Å². The third-order valence-electron chi connectivity index (χ3n) is 3.52. The van der Waals surface area contributed by atoms with E-state index in [2.05, 4.69) is 6.07 Å². The molecule has 0 aromatic heterocycles. The van der Waals surface area contributed by atoms with Crippen LogP contribution in [0.1, 0.15) is 36.8 Å². The molecule has 0 saturated heterocycles. The third kappa shape index (κ3) is 0.898. The molecule has 0 heteroatoms. The van der Waals surface area contributed by atoms with E-state index in [0.717, 1.165) is 16.7 Å². The maximum absolute atomic E-state index is 8.84. The highest BCUT2D eigenvalue weighted by Gasteiger charge is 2.38. The van der Waals surface area contributed by atoms with Crippen LogP contribution in [0.5, 0.6) is 0 Å². The molecule has 0 saturated carbocycles. The lowest BCUT2D eigenvalue weighted by Crippen LogP contribution is -2.26. The third-order valence-corrected chi connectivity index (χ3v) is 3.52. The second kappa shape index (κ2) is 2.85. The van der Waals surface area contributed by atoms with Gasteiger partial charge in [0, 0.05) is 13.2 Å². The number of hydrogen-bond acceptors (Lipinski definition) is 0. The van der Waals surface area contributed by atoms with E-state index >= 15 is 0 Å². The summed E-state index contributed by atoms with van der Waals surface area (Å²) >= 11 is 0. The van der Waals surface area contributed by atoms with Crippen molar-refractivity contribution in [2.75, 3.05) is 0 Å². The highest BCUT2D eigenvalue weighted by molar-refractivity contribution is 5.68. The van der Waals surface area contributed by atoms with Gasteiger partial charge in [-0.2, -0.15) is 0 Å². The summed E-state index contributed by atoms with van der Waals surface area (Å²) in [4.78, 5) is 0. The summed E-state index contributed by atoms with van der Waals surface area (Å²) in [5, 5.41) is 0. The molecule has 2 atom stereocenters. The lowest BCUT2D eigenvalue weighted by atomic mass is 9.62. The van der Waals surface area contributed by atoms with Gasteiger partial charge in [-0.1, -0.05) is 60.7 Å². The van der Waals surface area contributed by atoms with Crippen molar-refractivity contribution in [3.05, 3.63) is 76.9 Å². The number of hydrogen-bond donors (Lipinski definition) is 0. The van der Waals surface area contributed by atoms with Crippen molar-refractivity contribution in [2.24, 2.45) is 0 Å². The fourth-order valence-electron chi connectivity index (χ4n) is 2.76. The molecule has 0 spiro atoms. The number of rotatable bonds is 0. The molecule has 0 heterocycles. The fraction of sp³-hybridized carbons (Fsp3) is 0.125. The van der Waals surface area contributed by atoms with Crippen molar-refractivity contribution in [1.29, 1.82) is 0 Å². The van der Waals surface area contributed by atoms with Crippen LogP contribution in [0.2, 0.25) is 0 Å². The minimum atomic E-state index is -0.683. The van der Waals surface area contributed by atoms with Crippen LogP contribution >= 0.6 is 0 Å². The van der Waals surface area contributed by atoms with E-state index in [4.69, 9.17) is 2.74 Å². The van der Waals surface area contributed by atoms with Gasteiger partial charge in [0.05, 0.1) is 1.37 Å². The number of benzene rings is 2. The van der Waals surface area contributed by atoms with Crippen molar-refractivity contribution in [3.63, 3.8) is 0 Å². The monoisotopic (exact) mass is 206 g/mol. The molecule has 2 aliphatic carbocycles. The Kier molecular flexibility index (Phi) is 1.19. The maximum Gasteiger partial charge on any atom is 0.0626 e. The molecule has 2 aromatic carbocycles. The quantitative estimate of drug-likeness (QED) is 0.612. The fourth-order valence-corrected chi connectivity index (χ4v) is 2.76. The van der Waals surface area contributed by atoms with Gasteiger partial charge < -0.3 is 0 Å². The largest absolute Gasteiger partial charge is 0.0754 e. The summed E-state index contributed by atoms with van der Waals surface area (Å²) in [5.74, 6) is -0.645. The minimum absolute atomic E-state index is 0.0381. The normalized spacial score (nSPS) is 31.0. The molecule has 2 aliphatic rings. The molecule has 76 valence electrons. The lowest BCUT2D eigenvalue weighted by molar-refractivity contribution is 0.619. The Bertz CT molecular complexity index is 687. The van der Waals surface area contributed by atoms with E-state index in [1.807, 2.05) is 48.5 Å². The summed E-state index contributed by atoms with van der Waals surface area (Å²) in [6, 6.07) is 16.5. The average Bonchev–Trinajstić information content (AvgIpc) is 2.43. The van der Waals surface area contributed by atoms with E-state index in [0.29, 0.717) is 6.05 Å². The summed E-state index contributed by atoms with van der Waals surface area (Å²) < 4.78 is 17.0. The number of fused-ring (bicyclic) bond motifs is 6. The standard InChI is InChI=1S/C16H12/c1-2-6-12-11(5-1)9-10-15-13-7-3-4-8-14(13)16(12)15/h1-10,15-16H/i9D,16D. The Morgan fingerprint density at radius 2 is 1.56 bits per heavy atom. The molecule has 0 N–H and O–H groups in total. The Morgan fingerprint density at radius 3 is 2.44 bits per heavy atom. The summed E-state index contributed by atoms with van der Waals surface area (Å²) in [6.45, 7) is 0. The molecule has 0 nitrogen and oxygen atoms in total. The maximum atomic E-state index is 8.84. The van der Waals surface area contributed by atoms with E-state index in [1.165, 1.54) is 5.56 Å². The van der Waals surface area contributed by atoms with Crippen molar-refractivity contribution >= 4 is 6.05 Å². The summed E-state index contributed by atoms with van der Waals surface area (Å²) in [7, 11) is 0. The molecular formula is C16H12. The van der Waals surface area contributed by atoms with Crippen molar-refractivity contribution < 1.29 is 2.74 Å². The van der Waals surface area contributed by atoms with Crippen LogP contribution in [0.25, 0.3) is 6.05 Å². The molecule has 2 unspecified atom stereocenters. The van der Waals surface area contributed by atoms with Gasteiger partial charge in [0.1, 0.15) is 0 Å². The molecule has 0 fully saturated rings. The first-order valence-corrected chi connectivity index (χ1v) is 5.60. The predicted octanol–water partition coefficient (Wildman–Crippen LogP) is 3.94. The Labute approximate surface area is 98.1 Å². The van der Waals surface area contributed by atoms with Gasteiger partial charge in [-0.05, 0) is 22.3 Å². The zero-order chi connectivity index (χ0) is 12.3. The second-order valence-electron chi connectivity index (χ2n) is 4.34.